The zero-order chi connectivity index (χ0) is 26.2. The summed E-state index contributed by atoms with van der Waals surface area (Å²) in [5, 5.41) is 14.7. The Morgan fingerprint density at radius 3 is 2.22 bits per heavy atom. The minimum absolute atomic E-state index is 0.0204. The van der Waals surface area contributed by atoms with Gasteiger partial charge in [0.2, 0.25) is 11.8 Å². The van der Waals surface area contributed by atoms with Gasteiger partial charge in [0, 0.05) is 43.0 Å². The average Bonchev–Trinajstić information content (AvgIpc) is 3.10. The molecule has 2 aromatic rings. The Morgan fingerprint density at radius 2 is 1.69 bits per heavy atom. The van der Waals surface area contributed by atoms with Crippen LogP contribution in [0, 0.1) is 6.92 Å². The van der Waals surface area contributed by atoms with E-state index in [-0.39, 0.29) is 11.8 Å². The van der Waals surface area contributed by atoms with Crippen molar-refractivity contribution in [3.63, 3.8) is 0 Å². The number of imide groups is 1. The van der Waals surface area contributed by atoms with Gasteiger partial charge in [0.15, 0.2) is 0 Å². The molecule has 0 bridgehead atoms. The summed E-state index contributed by atoms with van der Waals surface area (Å²) in [5.74, 6) is -0.0408. The molecule has 0 spiro atoms. The maximum atomic E-state index is 11.8. The van der Waals surface area contributed by atoms with Crippen LogP contribution >= 0.6 is 11.6 Å². The molecule has 1 heterocycles. The summed E-state index contributed by atoms with van der Waals surface area (Å²) < 4.78 is 0. The van der Waals surface area contributed by atoms with Crippen molar-refractivity contribution >= 4 is 29.6 Å². The minimum Gasteiger partial charge on any atom is -0.450 e. The number of rotatable bonds is 9. The molecule has 0 aromatic heterocycles. The van der Waals surface area contributed by atoms with Crippen LogP contribution in [0.1, 0.15) is 73.7 Å². The summed E-state index contributed by atoms with van der Waals surface area (Å²) in [7, 11) is 0. The molecule has 2 aliphatic rings. The molecule has 194 valence electrons. The van der Waals surface area contributed by atoms with Gasteiger partial charge in [0.25, 0.3) is 0 Å². The van der Waals surface area contributed by atoms with E-state index >= 15 is 0 Å². The molecule has 36 heavy (non-hydrogen) atoms. The first-order valence-electron chi connectivity index (χ1n) is 12.5. The van der Waals surface area contributed by atoms with Crippen LogP contribution in [0.15, 0.2) is 42.5 Å². The molecule has 1 saturated heterocycles. The number of nitrogens with zero attached hydrogens (tertiary/aromatic N) is 2. The molecule has 0 unspecified atom stereocenters. The number of hydrogen-bond acceptors (Lipinski definition) is 4. The van der Waals surface area contributed by atoms with Crippen LogP contribution in [0.25, 0.3) is 0 Å². The number of hydrogen-bond donors (Lipinski definition) is 2. The third-order valence-corrected chi connectivity index (χ3v) is 7.40. The molecule has 1 atom stereocenters. The largest absolute Gasteiger partial charge is 0.503 e. The van der Waals surface area contributed by atoms with E-state index in [9.17, 15) is 9.59 Å². The highest BCUT2D eigenvalue weighted by Gasteiger charge is 2.30. The van der Waals surface area contributed by atoms with Crippen LogP contribution in [-0.2, 0) is 22.6 Å². The molecule has 8 heteroatoms. The van der Waals surface area contributed by atoms with Crippen molar-refractivity contribution < 1.29 is 24.6 Å². The predicted molar refractivity (Wildman–Crippen MR) is 139 cm³/mol. The SMILES string of the molecule is Cc1cc(CN(C2CCC2)[C@H](C)c2ccc(Cl)cc2)ccc1CCCN1C(=O)CCC1=O.O=C(O)O. The quantitative estimate of drug-likeness (QED) is 0.394. The lowest BCUT2D eigenvalue weighted by Crippen LogP contribution is -2.41. The molecule has 2 aromatic carbocycles. The summed E-state index contributed by atoms with van der Waals surface area (Å²) >= 11 is 6.10. The van der Waals surface area contributed by atoms with Crippen molar-refractivity contribution in [3.05, 3.63) is 69.7 Å². The van der Waals surface area contributed by atoms with Crippen LogP contribution in [0.5, 0.6) is 0 Å². The van der Waals surface area contributed by atoms with Crippen LogP contribution < -0.4 is 0 Å². The number of amides is 2. The van der Waals surface area contributed by atoms with E-state index in [4.69, 9.17) is 26.6 Å². The second-order valence-electron chi connectivity index (χ2n) is 9.57. The van der Waals surface area contributed by atoms with Crippen molar-refractivity contribution in [3.8, 4) is 0 Å². The maximum absolute atomic E-state index is 11.8. The number of carbonyl (C=O) groups excluding carboxylic acids is 2. The molecule has 2 N–H and O–H groups in total. The fraction of sp³-hybridized carbons (Fsp3) is 0.464. The van der Waals surface area contributed by atoms with Gasteiger partial charge in [0.05, 0.1) is 0 Å². The molecular weight excluding hydrogens is 480 g/mol. The van der Waals surface area contributed by atoms with Crippen LogP contribution in [0.2, 0.25) is 5.02 Å². The monoisotopic (exact) mass is 514 g/mol. The summed E-state index contributed by atoms with van der Waals surface area (Å²) in [5.41, 5.74) is 5.23. The smallest absolute Gasteiger partial charge is 0.450 e. The van der Waals surface area contributed by atoms with E-state index in [1.807, 2.05) is 12.1 Å². The van der Waals surface area contributed by atoms with Gasteiger partial charge in [-0.3, -0.25) is 19.4 Å². The second kappa shape index (κ2) is 12.9. The Kier molecular flexibility index (Phi) is 9.90. The van der Waals surface area contributed by atoms with Crippen molar-refractivity contribution in [2.24, 2.45) is 0 Å². The number of aryl methyl sites for hydroxylation is 2. The Bertz CT molecular complexity index is 1050. The highest BCUT2D eigenvalue weighted by atomic mass is 35.5. The lowest BCUT2D eigenvalue weighted by atomic mass is 9.88. The Balaban J connectivity index is 0.000000840. The third-order valence-electron chi connectivity index (χ3n) is 7.15. The van der Waals surface area contributed by atoms with Crippen LogP contribution in [0.3, 0.4) is 0 Å². The Hall–Kier alpha value is -2.90. The van der Waals surface area contributed by atoms with Gasteiger partial charge in [-0.2, -0.15) is 0 Å². The molecule has 1 aliphatic carbocycles. The molecule has 2 amide bonds. The first-order chi connectivity index (χ1) is 17.2. The van der Waals surface area contributed by atoms with Gasteiger partial charge in [0.1, 0.15) is 0 Å². The fourth-order valence-corrected chi connectivity index (χ4v) is 5.01. The highest BCUT2D eigenvalue weighted by molar-refractivity contribution is 6.30. The van der Waals surface area contributed by atoms with Crippen LogP contribution in [-0.4, -0.2) is 50.6 Å². The number of likely N-dealkylation sites (tertiary alicyclic amines) is 1. The zero-order valence-electron chi connectivity index (χ0n) is 21.0. The van der Waals surface area contributed by atoms with Crippen molar-refractivity contribution in [1.82, 2.24) is 9.80 Å². The van der Waals surface area contributed by atoms with E-state index in [0.29, 0.717) is 31.5 Å². The fourth-order valence-electron chi connectivity index (χ4n) is 4.88. The lowest BCUT2D eigenvalue weighted by Gasteiger charge is -2.41. The van der Waals surface area contributed by atoms with E-state index in [1.165, 1.54) is 46.4 Å². The van der Waals surface area contributed by atoms with Crippen molar-refractivity contribution in [1.29, 1.82) is 0 Å². The van der Waals surface area contributed by atoms with E-state index in [2.05, 4.69) is 49.1 Å². The minimum atomic E-state index is -1.83. The summed E-state index contributed by atoms with van der Waals surface area (Å²) in [6.45, 7) is 5.93. The zero-order valence-corrected chi connectivity index (χ0v) is 21.7. The molecule has 2 fully saturated rings. The van der Waals surface area contributed by atoms with Gasteiger partial charge in [-0.1, -0.05) is 48.4 Å². The summed E-state index contributed by atoms with van der Waals surface area (Å²) in [6.07, 6.45) is 4.47. The molecule has 0 radical (unpaired) electrons. The highest BCUT2D eigenvalue weighted by Crippen LogP contribution is 2.34. The van der Waals surface area contributed by atoms with Gasteiger partial charge in [-0.15, -0.1) is 0 Å². The molecule has 1 saturated carbocycles. The summed E-state index contributed by atoms with van der Waals surface area (Å²) in [6, 6.07) is 16.0. The standard InChI is InChI=1S/C27H33ClN2O2.CH2O3/c1-19-17-21(8-9-22(19)5-4-16-29-26(31)14-15-27(29)32)18-30(25-6-3-7-25)20(2)23-10-12-24(28)13-11-23;2-1(3)4/h8-13,17,20,25H,3-7,14-16,18H2,1-2H3;(H2,2,3,4)/t20-;/m1./s1. The van der Waals surface area contributed by atoms with Crippen molar-refractivity contribution in [2.45, 2.75) is 77.4 Å². The molecule has 7 nitrogen and oxygen atoms in total. The number of halogens is 1. The third kappa shape index (κ3) is 7.55. The Morgan fingerprint density at radius 1 is 1.08 bits per heavy atom. The number of carboxylic acid groups (broad SMARTS) is 2. The van der Waals surface area contributed by atoms with Gasteiger partial charge < -0.3 is 10.2 Å². The number of carbonyl (C=O) groups is 3. The van der Waals surface area contributed by atoms with E-state index in [0.717, 1.165) is 24.4 Å². The first kappa shape index (κ1) is 27.7. The summed E-state index contributed by atoms with van der Waals surface area (Å²) in [4.78, 5) is 36.2. The van der Waals surface area contributed by atoms with Gasteiger partial charge in [-0.05, 0) is 73.9 Å². The molecular formula is C28H35ClN2O5. The van der Waals surface area contributed by atoms with E-state index in [1.54, 1.807) is 0 Å². The normalized spacial score (nSPS) is 16.5. The number of benzene rings is 2. The predicted octanol–water partition coefficient (Wildman–Crippen LogP) is 6.07. The topological polar surface area (TPSA) is 98.2 Å². The molecule has 4 rings (SSSR count). The first-order valence-corrected chi connectivity index (χ1v) is 12.9. The van der Waals surface area contributed by atoms with Gasteiger partial charge >= 0.3 is 6.16 Å². The second-order valence-corrected chi connectivity index (χ2v) is 10.0. The van der Waals surface area contributed by atoms with Crippen LogP contribution in [0.4, 0.5) is 4.79 Å². The van der Waals surface area contributed by atoms with Crippen molar-refractivity contribution in [2.75, 3.05) is 6.54 Å². The maximum Gasteiger partial charge on any atom is 0.503 e. The lowest BCUT2D eigenvalue weighted by molar-refractivity contribution is -0.138. The Labute approximate surface area is 217 Å². The molecule has 1 aliphatic heterocycles. The average molecular weight is 515 g/mol. The van der Waals surface area contributed by atoms with Gasteiger partial charge in [-0.25, -0.2) is 4.79 Å². The van der Waals surface area contributed by atoms with E-state index < -0.39 is 6.16 Å².